The Labute approximate surface area is 271 Å². The number of hydrogen-bond acceptors (Lipinski definition) is 11. The van der Waals surface area contributed by atoms with Gasteiger partial charge in [0.2, 0.25) is 0 Å². The average Bonchev–Trinajstić information content (AvgIpc) is 3.30. The van der Waals surface area contributed by atoms with E-state index in [4.69, 9.17) is 23.7 Å². The van der Waals surface area contributed by atoms with Crippen LogP contribution >= 0.6 is 0 Å². The van der Waals surface area contributed by atoms with Crippen LogP contribution in [-0.4, -0.2) is 114 Å². The predicted octanol–water partition coefficient (Wildman–Crippen LogP) is 3.13. The molecule has 262 valence electrons. The molecule has 3 fully saturated rings. The highest BCUT2D eigenvalue weighted by molar-refractivity contribution is 6.00. The summed E-state index contributed by atoms with van der Waals surface area (Å²) in [6.07, 6.45) is -4.39. The van der Waals surface area contributed by atoms with Crippen molar-refractivity contribution in [3.63, 3.8) is 0 Å². The Hall–Kier alpha value is -2.45. The Morgan fingerprint density at radius 3 is 2.30 bits per heavy atom. The van der Waals surface area contributed by atoms with E-state index in [2.05, 4.69) is 11.9 Å². The number of esters is 1. The fourth-order valence-corrected chi connectivity index (χ4v) is 7.40. The third-order valence-corrected chi connectivity index (χ3v) is 9.96. The van der Waals surface area contributed by atoms with Gasteiger partial charge in [0.1, 0.15) is 18.1 Å². The molecule has 2 N–H and O–H groups in total. The molecule has 3 heterocycles. The third kappa shape index (κ3) is 7.48. The Morgan fingerprint density at radius 2 is 1.74 bits per heavy atom. The maximum atomic E-state index is 17.0. The molecule has 13 atom stereocenters. The quantitative estimate of drug-likeness (QED) is 0.236. The molecule has 0 spiro atoms. The smallest absolute Gasteiger partial charge is 0.408 e. The molecular weight excluding hydrogens is 603 g/mol. The highest BCUT2D eigenvalue weighted by atomic mass is 19.1. The van der Waals surface area contributed by atoms with Crippen LogP contribution in [-0.2, 0) is 38.1 Å². The summed E-state index contributed by atoms with van der Waals surface area (Å²) in [6, 6.07) is -1.42. The maximum absolute atomic E-state index is 17.0. The second-order valence-electron chi connectivity index (χ2n) is 14.0. The lowest BCUT2D eigenvalue weighted by Crippen LogP contribution is -2.62. The minimum absolute atomic E-state index is 0.0950. The fraction of sp³-hybridized carbons (Fsp3) is 0.818. The molecule has 3 saturated heterocycles. The molecule has 0 unspecified atom stereocenters. The summed E-state index contributed by atoms with van der Waals surface area (Å²) >= 11 is 0. The van der Waals surface area contributed by atoms with Crippen molar-refractivity contribution in [3.8, 4) is 0 Å². The van der Waals surface area contributed by atoms with Gasteiger partial charge in [0.05, 0.1) is 30.5 Å². The summed E-state index contributed by atoms with van der Waals surface area (Å²) in [4.78, 5) is 56.0. The topological polar surface area (TPSA) is 150 Å². The molecule has 0 aromatic heterocycles. The Bertz CT molecular complexity index is 1170. The van der Waals surface area contributed by atoms with Crippen molar-refractivity contribution in [3.05, 3.63) is 12.7 Å². The molecular formula is C33H53FN2O10. The minimum Gasteiger partial charge on any atom is -0.458 e. The molecule has 0 aliphatic carbocycles. The highest BCUT2D eigenvalue weighted by Gasteiger charge is 2.59. The molecule has 0 saturated carbocycles. The molecule has 46 heavy (non-hydrogen) atoms. The largest absolute Gasteiger partial charge is 0.458 e. The summed E-state index contributed by atoms with van der Waals surface area (Å²) in [5.74, 6) is -5.89. The number of halogens is 1. The lowest BCUT2D eigenvalue weighted by molar-refractivity contribution is -0.297. The lowest BCUT2D eigenvalue weighted by Gasteiger charge is -2.48. The van der Waals surface area contributed by atoms with Crippen molar-refractivity contribution in [1.82, 2.24) is 10.2 Å². The van der Waals surface area contributed by atoms with Crippen LogP contribution in [0.4, 0.5) is 9.18 Å². The number of carbonyl (C=O) groups excluding carboxylic acids is 4. The van der Waals surface area contributed by atoms with Crippen molar-refractivity contribution in [2.24, 2.45) is 17.8 Å². The number of Topliss-reactive ketones (excluding diaryl/α,β-unsaturated/α-hetero) is 2. The van der Waals surface area contributed by atoms with Gasteiger partial charge < -0.3 is 39.0 Å². The normalized spacial score (nSPS) is 44.5. The molecule has 13 heteroatoms. The number of alkyl carbamates (subject to hydrolysis) is 1. The number of nitrogens with zero attached hydrogens (tertiary/aromatic N) is 1. The summed E-state index contributed by atoms with van der Waals surface area (Å²) in [6.45, 7) is 15.7. The SMILES string of the molecule is C=CCO[C@]1(C)C[C@](C)(F)C(=O)[C@H](C)[C@@H]2NC(=O)O[C@]2(C)[C@@H](CC)OC(=O)[C@H](C)C(=O)[C@H](C)[C@H]1O[C@@H]1O[C@H](C)C[C@H](N(C)C)[C@H]1O. The zero-order valence-electron chi connectivity index (χ0n) is 28.8. The first-order chi connectivity index (χ1) is 21.2. The van der Waals surface area contributed by atoms with Gasteiger partial charge in [-0.05, 0) is 61.6 Å². The summed E-state index contributed by atoms with van der Waals surface area (Å²) in [7, 11) is 3.63. The van der Waals surface area contributed by atoms with Gasteiger partial charge in [-0.1, -0.05) is 26.8 Å². The third-order valence-electron chi connectivity index (χ3n) is 9.96. The van der Waals surface area contributed by atoms with Crippen molar-refractivity contribution in [2.45, 2.75) is 134 Å². The minimum atomic E-state index is -2.58. The van der Waals surface area contributed by atoms with E-state index in [0.29, 0.717) is 6.42 Å². The second-order valence-corrected chi connectivity index (χ2v) is 14.0. The van der Waals surface area contributed by atoms with E-state index in [1.54, 1.807) is 6.92 Å². The van der Waals surface area contributed by atoms with Crippen LogP contribution in [0.25, 0.3) is 0 Å². The van der Waals surface area contributed by atoms with Crippen molar-refractivity contribution in [1.29, 1.82) is 0 Å². The lowest BCUT2D eigenvalue weighted by atomic mass is 9.72. The van der Waals surface area contributed by atoms with Gasteiger partial charge in [0, 0.05) is 24.3 Å². The van der Waals surface area contributed by atoms with E-state index >= 15 is 4.39 Å². The van der Waals surface area contributed by atoms with Crippen LogP contribution in [0.1, 0.15) is 74.7 Å². The van der Waals surface area contributed by atoms with Crippen molar-refractivity contribution >= 4 is 23.6 Å². The number of aliphatic hydroxyl groups excluding tert-OH is 1. The van der Waals surface area contributed by atoms with Gasteiger partial charge in [-0.25, -0.2) is 9.18 Å². The Balaban J connectivity index is 2.19. The van der Waals surface area contributed by atoms with E-state index in [0.717, 1.165) is 6.92 Å². The number of fused-ring (bicyclic) bond motifs is 1. The fourth-order valence-electron chi connectivity index (χ4n) is 7.40. The van der Waals surface area contributed by atoms with Gasteiger partial charge in [0.15, 0.2) is 29.1 Å². The Morgan fingerprint density at radius 1 is 1.11 bits per heavy atom. The number of hydrogen-bond donors (Lipinski definition) is 2. The van der Waals surface area contributed by atoms with Gasteiger partial charge in [0.25, 0.3) is 0 Å². The van der Waals surface area contributed by atoms with Gasteiger partial charge in [-0.3, -0.25) is 14.4 Å². The van der Waals surface area contributed by atoms with Gasteiger partial charge in [-0.2, -0.15) is 0 Å². The standard InChI is InChI=1S/C33H53FN2O10/c1-12-14-42-32(8)16-31(7,34)26(39)20(6)25-33(9,46-30(41)35-25)22(13-2)44-28(40)19(5)23(37)18(4)27(32)45-29-24(38)21(36(10)11)15-17(3)43-29/h12,17-22,24-25,27,29,38H,1,13-16H2,2-11H3,(H,35,41)/t17-,18+,19-,20-,21+,22-,24-,25+,27-,29+,31+,32-,33-/m1/s1. The average molecular weight is 657 g/mol. The predicted molar refractivity (Wildman–Crippen MR) is 165 cm³/mol. The van der Waals surface area contributed by atoms with Crippen LogP contribution in [0.5, 0.6) is 0 Å². The molecule has 0 bridgehead atoms. The van der Waals surface area contributed by atoms with Gasteiger partial charge in [-0.15, -0.1) is 6.58 Å². The number of likely N-dealkylation sites (N-methyl/N-ethyl adjacent to an activating group) is 1. The number of ketones is 2. The van der Waals surface area contributed by atoms with E-state index in [1.807, 2.05) is 25.9 Å². The molecule has 0 aromatic carbocycles. The van der Waals surface area contributed by atoms with E-state index in [9.17, 15) is 24.3 Å². The van der Waals surface area contributed by atoms with E-state index < -0.39 is 95.3 Å². The van der Waals surface area contributed by atoms with E-state index in [1.165, 1.54) is 40.7 Å². The van der Waals surface area contributed by atoms with Crippen LogP contribution in [0, 0.1) is 17.8 Å². The van der Waals surface area contributed by atoms with Crippen LogP contribution in [0.2, 0.25) is 0 Å². The first kappa shape index (κ1) is 38.0. The number of amides is 1. The Kier molecular flexibility index (Phi) is 11.9. The molecule has 3 aliphatic rings. The molecule has 12 nitrogen and oxygen atoms in total. The van der Waals surface area contributed by atoms with Crippen LogP contribution in [0.15, 0.2) is 12.7 Å². The van der Waals surface area contributed by atoms with Crippen molar-refractivity contribution in [2.75, 3.05) is 20.7 Å². The highest BCUT2D eigenvalue weighted by Crippen LogP contribution is 2.42. The number of nitrogens with one attached hydrogen (secondary N) is 1. The maximum Gasteiger partial charge on any atom is 0.408 e. The summed E-state index contributed by atoms with van der Waals surface area (Å²) < 4.78 is 47.0. The number of ether oxygens (including phenoxy) is 5. The number of alkyl halides is 1. The molecule has 3 rings (SSSR count). The van der Waals surface area contributed by atoms with Crippen LogP contribution < -0.4 is 5.32 Å². The van der Waals surface area contributed by atoms with Crippen LogP contribution in [0.3, 0.4) is 0 Å². The number of carbonyl (C=O) groups is 4. The van der Waals surface area contributed by atoms with Crippen molar-refractivity contribution < 1.29 is 52.4 Å². The summed E-state index contributed by atoms with van der Waals surface area (Å²) in [5, 5.41) is 13.9. The molecule has 3 aliphatic heterocycles. The second kappa shape index (κ2) is 14.3. The number of rotatable bonds is 7. The molecule has 0 aromatic rings. The first-order valence-corrected chi connectivity index (χ1v) is 16.1. The number of aliphatic hydroxyl groups is 1. The monoisotopic (exact) mass is 656 g/mol. The first-order valence-electron chi connectivity index (χ1n) is 16.1. The zero-order valence-corrected chi connectivity index (χ0v) is 28.8. The molecule has 1 amide bonds. The number of cyclic esters (lactones) is 1. The summed E-state index contributed by atoms with van der Waals surface area (Å²) in [5.41, 5.74) is -5.81. The molecule has 0 radical (unpaired) electrons. The van der Waals surface area contributed by atoms with E-state index in [-0.39, 0.29) is 25.2 Å². The zero-order chi connectivity index (χ0) is 34.9. The van der Waals surface area contributed by atoms with Gasteiger partial charge >= 0.3 is 12.1 Å².